The van der Waals surface area contributed by atoms with Gasteiger partial charge in [0.25, 0.3) is 10.0 Å². The lowest BCUT2D eigenvalue weighted by atomic mass is 10.2. The summed E-state index contributed by atoms with van der Waals surface area (Å²) in [6, 6.07) is 23.7. The number of para-hydroxylation sites is 3. The molecule has 0 fully saturated rings. The highest BCUT2D eigenvalue weighted by molar-refractivity contribution is 7.90. The van der Waals surface area contributed by atoms with E-state index in [0.29, 0.717) is 11.4 Å². The molecule has 2 amide bonds. The van der Waals surface area contributed by atoms with Crippen LogP contribution in [0.1, 0.15) is 11.3 Å². The molecule has 0 bridgehead atoms. The lowest BCUT2D eigenvalue weighted by Crippen LogP contribution is -2.34. The van der Waals surface area contributed by atoms with Crippen LogP contribution in [0, 0.1) is 6.92 Å². The number of carbonyl (C=O) groups excluding carboxylic acids is 1. The molecule has 0 unspecified atom stereocenters. The number of benzene rings is 3. The van der Waals surface area contributed by atoms with Gasteiger partial charge < -0.3 is 10.1 Å². The van der Waals surface area contributed by atoms with Crippen molar-refractivity contribution in [3.8, 4) is 5.75 Å². The molecule has 2 N–H and O–H groups in total. The van der Waals surface area contributed by atoms with Gasteiger partial charge in [0.1, 0.15) is 12.4 Å². The number of ether oxygens (including phenoxy) is 1. The molecule has 8 heteroatoms. The van der Waals surface area contributed by atoms with E-state index in [9.17, 15) is 13.2 Å². The fourth-order valence-corrected chi connectivity index (χ4v) is 3.99. The van der Waals surface area contributed by atoms with Gasteiger partial charge in [0, 0.05) is 5.39 Å². The van der Waals surface area contributed by atoms with Gasteiger partial charge in [-0.3, -0.25) is 0 Å². The zero-order valence-electron chi connectivity index (χ0n) is 17.3. The van der Waals surface area contributed by atoms with Crippen molar-refractivity contribution in [2.45, 2.75) is 18.4 Å². The van der Waals surface area contributed by atoms with Crippen LogP contribution in [-0.4, -0.2) is 19.4 Å². The third-order valence-corrected chi connectivity index (χ3v) is 6.07. The highest BCUT2D eigenvalue weighted by Crippen LogP contribution is 2.25. The van der Waals surface area contributed by atoms with E-state index in [1.165, 1.54) is 12.1 Å². The Bertz CT molecular complexity index is 1370. The van der Waals surface area contributed by atoms with E-state index in [1.54, 1.807) is 36.4 Å². The van der Waals surface area contributed by atoms with Gasteiger partial charge in [-0.05, 0) is 43.3 Å². The second kappa shape index (κ2) is 9.07. The van der Waals surface area contributed by atoms with Crippen LogP contribution in [0.15, 0.2) is 89.8 Å². The van der Waals surface area contributed by atoms with Gasteiger partial charge in [-0.1, -0.05) is 54.1 Å². The molecular formula is C24H21N3O4S. The van der Waals surface area contributed by atoms with Gasteiger partial charge in [0.2, 0.25) is 0 Å². The number of pyridine rings is 1. The lowest BCUT2D eigenvalue weighted by molar-refractivity contribution is 0.256. The zero-order valence-corrected chi connectivity index (χ0v) is 18.1. The number of urea groups is 1. The molecule has 32 heavy (non-hydrogen) atoms. The lowest BCUT2D eigenvalue weighted by Gasteiger charge is -2.13. The van der Waals surface area contributed by atoms with Crippen molar-refractivity contribution < 1.29 is 17.9 Å². The maximum atomic E-state index is 12.4. The van der Waals surface area contributed by atoms with Crippen molar-refractivity contribution in [3.63, 3.8) is 0 Å². The molecule has 0 aliphatic rings. The van der Waals surface area contributed by atoms with Crippen molar-refractivity contribution in [1.82, 2.24) is 9.71 Å². The van der Waals surface area contributed by atoms with E-state index < -0.39 is 16.1 Å². The highest BCUT2D eigenvalue weighted by Gasteiger charge is 2.18. The molecule has 0 radical (unpaired) electrons. The maximum Gasteiger partial charge on any atom is 0.333 e. The summed E-state index contributed by atoms with van der Waals surface area (Å²) >= 11 is 0. The van der Waals surface area contributed by atoms with Gasteiger partial charge in [-0.25, -0.2) is 22.9 Å². The quantitative estimate of drug-likeness (QED) is 0.449. The fourth-order valence-electron chi connectivity index (χ4n) is 3.08. The number of sulfonamides is 1. The first kappa shape index (κ1) is 21.3. The Hall–Kier alpha value is -3.91. The summed E-state index contributed by atoms with van der Waals surface area (Å²) in [6.45, 7) is 2.04. The Morgan fingerprint density at radius 1 is 0.906 bits per heavy atom. The molecule has 4 aromatic rings. The Morgan fingerprint density at radius 2 is 1.62 bits per heavy atom. The molecule has 162 valence electrons. The average molecular weight is 448 g/mol. The number of hydrogen-bond acceptors (Lipinski definition) is 5. The summed E-state index contributed by atoms with van der Waals surface area (Å²) in [4.78, 5) is 16.9. The van der Waals surface area contributed by atoms with Crippen LogP contribution >= 0.6 is 0 Å². The Kier molecular flexibility index (Phi) is 6.04. The number of fused-ring (bicyclic) bond motifs is 1. The van der Waals surface area contributed by atoms with Crippen molar-refractivity contribution in [1.29, 1.82) is 0 Å². The van der Waals surface area contributed by atoms with Crippen LogP contribution in [-0.2, 0) is 16.6 Å². The molecule has 0 aliphatic heterocycles. The van der Waals surface area contributed by atoms with Crippen LogP contribution in [0.3, 0.4) is 0 Å². The molecule has 0 atom stereocenters. The topological polar surface area (TPSA) is 97.4 Å². The first-order chi connectivity index (χ1) is 15.4. The second-order valence-corrected chi connectivity index (χ2v) is 8.84. The SMILES string of the molecule is Cc1ccc(S(=O)(=O)NC(=O)Nc2ccccc2OCc2ccc3ccccc3n2)cc1. The number of anilines is 1. The number of aryl methyl sites for hydroxylation is 1. The van der Waals surface area contributed by atoms with E-state index in [2.05, 4.69) is 10.3 Å². The zero-order chi connectivity index (χ0) is 22.6. The first-order valence-corrected chi connectivity index (χ1v) is 11.4. The summed E-state index contributed by atoms with van der Waals surface area (Å²) in [5.74, 6) is 0.394. The summed E-state index contributed by atoms with van der Waals surface area (Å²) < 4.78 is 32.7. The molecule has 1 aromatic heterocycles. The number of carbonyl (C=O) groups is 1. The standard InChI is InChI=1S/C24H21N3O4S/c1-17-10-14-20(15-11-17)32(29,30)27-24(28)26-22-8-4-5-9-23(22)31-16-19-13-12-18-6-2-3-7-21(18)25-19/h2-15H,16H2,1H3,(H2,26,27,28). The van der Waals surface area contributed by atoms with E-state index in [0.717, 1.165) is 22.2 Å². The van der Waals surface area contributed by atoms with E-state index in [-0.39, 0.29) is 11.5 Å². The minimum absolute atomic E-state index is 0.00478. The molecule has 7 nitrogen and oxygen atoms in total. The molecule has 4 rings (SSSR count). The number of nitrogens with one attached hydrogen (secondary N) is 2. The molecule has 0 saturated heterocycles. The van der Waals surface area contributed by atoms with Crippen LogP contribution in [0.4, 0.5) is 10.5 Å². The van der Waals surface area contributed by atoms with Crippen LogP contribution < -0.4 is 14.8 Å². The predicted octanol–water partition coefficient (Wildman–Crippen LogP) is 4.63. The van der Waals surface area contributed by atoms with Crippen molar-refractivity contribution >= 4 is 32.6 Å². The van der Waals surface area contributed by atoms with Gasteiger partial charge >= 0.3 is 6.03 Å². The molecule has 3 aromatic carbocycles. The number of aromatic nitrogens is 1. The normalized spacial score (nSPS) is 11.2. The summed E-state index contributed by atoms with van der Waals surface area (Å²) in [5.41, 5.74) is 2.84. The van der Waals surface area contributed by atoms with Gasteiger partial charge in [0.15, 0.2) is 0 Å². The van der Waals surface area contributed by atoms with Crippen molar-refractivity contribution in [3.05, 3.63) is 96.2 Å². The Morgan fingerprint density at radius 3 is 2.44 bits per heavy atom. The maximum absolute atomic E-state index is 12.4. The number of rotatable bonds is 6. The smallest absolute Gasteiger partial charge is 0.333 e. The minimum Gasteiger partial charge on any atom is -0.485 e. The predicted molar refractivity (Wildman–Crippen MR) is 123 cm³/mol. The van der Waals surface area contributed by atoms with Crippen LogP contribution in [0.5, 0.6) is 5.75 Å². The Labute approximate surface area is 186 Å². The van der Waals surface area contributed by atoms with Gasteiger partial charge in [0.05, 0.1) is 21.8 Å². The van der Waals surface area contributed by atoms with Crippen molar-refractivity contribution in [2.75, 3.05) is 5.32 Å². The molecule has 1 heterocycles. The number of amides is 2. The second-order valence-electron chi connectivity index (χ2n) is 7.15. The fraction of sp³-hybridized carbons (Fsp3) is 0.0833. The first-order valence-electron chi connectivity index (χ1n) is 9.88. The molecule has 0 aliphatic carbocycles. The van der Waals surface area contributed by atoms with E-state index in [4.69, 9.17) is 4.74 Å². The van der Waals surface area contributed by atoms with Crippen LogP contribution in [0.25, 0.3) is 10.9 Å². The largest absolute Gasteiger partial charge is 0.485 e. The third kappa shape index (κ3) is 5.04. The Balaban J connectivity index is 1.44. The molecule has 0 saturated carbocycles. The van der Waals surface area contributed by atoms with Crippen LogP contribution in [0.2, 0.25) is 0 Å². The van der Waals surface area contributed by atoms with Gasteiger partial charge in [-0.2, -0.15) is 0 Å². The molecule has 0 spiro atoms. The van der Waals surface area contributed by atoms with Crippen molar-refractivity contribution in [2.24, 2.45) is 0 Å². The summed E-state index contributed by atoms with van der Waals surface area (Å²) in [6.07, 6.45) is 0. The minimum atomic E-state index is -4.00. The summed E-state index contributed by atoms with van der Waals surface area (Å²) in [5, 5.41) is 3.57. The monoisotopic (exact) mass is 447 g/mol. The number of nitrogens with zero attached hydrogens (tertiary/aromatic N) is 1. The van der Waals surface area contributed by atoms with Gasteiger partial charge in [-0.15, -0.1) is 0 Å². The molecular weight excluding hydrogens is 426 g/mol. The van der Waals surface area contributed by atoms with E-state index >= 15 is 0 Å². The highest BCUT2D eigenvalue weighted by atomic mass is 32.2. The summed E-state index contributed by atoms with van der Waals surface area (Å²) in [7, 11) is -4.00. The third-order valence-electron chi connectivity index (χ3n) is 4.73. The number of hydrogen-bond donors (Lipinski definition) is 2. The average Bonchev–Trinajstić information content (AvgIpc) is 2.78. The van der Waals surface area contributed by atoms with E-state index in [1.807, 2.05) is 48.0 Å².